The van der Waals surface area contributed by atoms with E-state index in [9.17, 15) is 0 Å². The summed E-state index contributed by atoms with van der Waals surface area (Å²) in [4.78, 5) is 0. The van der Waals surface area contributed by atoms with Gasteiger partial charge in [0.15, 0.2) is 0 Å². The molecule has 0 amide bonds. The Morgan fingerprint density at radius 2 is 1.57 bits per heavy atom. The second-order valence-electron chi connectivity index (χ2n) is 6.12. The van der Waals surface area contributed by atoms with Crippen LogP contribution in [0.1, 0.15) is 57.8 Å². The van der Waals surface area contributed by atoms with Gasteiger partial charge in [-0.25, -0.2) is 0 Å². The van der Waals surface area contributed by atoms with Crippen molar-refractivity contribution in [3.05, 3.63) is 0 Å². The van der Waals surface area contributed by atoms with Crippen LogP contribution in [0.25, 0.3) is 0 Å². The molecule has 2 spiro atoms. The molecule has 0 N–H and O–H groups in total. The maximum Gasteiger partial charge on any atom is 0.00651 e. The maximum absolute atomic E-state index is 3.66. The van der Waals surface area contributed by atoms with E-state index in [1.54, 1.807) is 38.5 Å². The van der Waals surface area contributed by atoms with E-state index >= 15 is 0 Å². The summed E-state index contributed by atoms with van der Waals surface area (Å²) in [5.41, 5.74) is 1.67. The van der Waals surface area contributed by atoms with E-state index < -0.39 is 0 Å². The molecule has 0 aromatic rings. The van der Waals surface area contributed by atoms with Crippen molar-refractivity contribution in [2.24, 2.45) is 16.7 Å². The molecule has 0 heterocycles. The highest BCUT2D eigenvalue weighted by atomic mass is 79.9. The first-order chi connectivity index (χ1) is 6.79. The molecule has 3 saturated carbocycles. The number of hydrogen-bond acceptors (Lipinski definition) is 0. The molecule has 0 radical (unpaired) electrons. The van der Waals surface area contributed by atoms with Gasteiger partial charge in [0.1, 0.15) is 0 Å². The van der Waals surface area contributed by atoms with E-state index in [2.05, 4.69) is 15.9 Å². The van der Waals surface area contributed by atoms with Crippen molar-refractivity contribution in [3.63, 3.8) is 0 Å². The Morgan fingerprint density at radius 1 is 0.929 bits per heavy atom. The molecule has 1 atom stereocenters. The molecule has 1 unspecified atom stereocenters. The quantitative estimate of drug-likeness (QED) is 0.606. The highest BCUT2D eigenvalue weighted by molar-refractivity contribution is 9.09. The zero-order valence-corrected chi connectivity index (χ0v) is 10.6. The molecule has 0 bridgehead atoms. The standard InChI is InChI=1S/C13H21Br/c14-10-11-9-13(11)7-5-12(6-8-13)3-1-2-4-12/h11H,1-10H2. The van der Waals surface area contributed by atoms with Crippen LogP contribution in [0.5, 0.6) is 0 Å². The van der Waals surface area contributed by atoms with Gasteiger partial charge in [0.2, 0.25) is 0 Å². The Labute approximate surface area is 96.0 Å². The highest BCUT2D eigenvalue weighted by Gasteiger charge is 2.56. The van der Waals surface area contributed by atoms with Gasteiger partial charge >= 0.3 is 0 Å². The van der Waals surface area contributed by atoms with Crippen LogP contribution in [-0.4, -0.2) is 5.33 Å². The van der Waals surface area contributed by atoms with Crippen LogP contribution in [-0.2, 0) is 0 Å². The molecule has 14 heavy (non-hydrogen) atoms. The minimum atomic E-state index is 0.831. The van der Waals surface area contributed by atoms with E-state index in [-0.39, 0.29) is 0 Å². The predicted molar refractivity (Wildman–Crippen MR) is 63.7 cm³/mol. The largest absolute Gasteiger partial charge is 0.0925 e. The van der Waals surface area contributed by atoms with E-state index in [1.165, 1.54) is 24.6 Å². The lowest BCUT2D eigenvalue weighted by Crippen LogP contribution is -2.26. The normalized spacial score (nSPS) is 37.9. The molecule has 0 aromatic carbocycles. The summed E-state index contributed by atoms with van der Waals surface area (Å²) in [7, 11) is 0. The van der Waals surface area contributed by atoms with Gasteiger partial charge in [-0.05, 0) is 61.7 Å². The third kappa shape index (κ3) is 1.38. The topological polar surface area (TPSA) is 0 Å². The van der Waals surface area contributed by atoms with Crippen LogP contribution in [0.2, 0.25) is 0 Å². The summed E-state index contributed by atoms with van der Waals surface area (Å²) < 4.78 is 0. The average Bonchev–Trinajstić information content (AvgIpc) is 2.72. The maximum atomic E-state index is 3.66. The molecule has 80 valence electrons. The zero-order chi connectivity index (χ0) is 9.65. The van der Waals surface area contributed by atoms with Crippen molar-refractivity contribution in [3.8, 4) is 0 Å². The second-order valence-corrected chi connectivity index (χ2v) is 6.77. The monoisotopic (exact) mass is 256 g/mol. The molecule has 1 heteroatoms. The van der Waals surface area contributed by atoms with E-state index in [0.717, 1.165) is 16.7 Å². The van der Waals surface area contributed by atoms with Crippen LogP contribution in [0.15, 0.2) is 0 Å². The third-order valence-electron chi connectivity index (χ3n) is 5.52. The fourth-order valence-electron chi connectivity index (χ4n) is 4.17. The molecule has 0 nitrogen and oxygen atoms in total. The van der Waals surface area contributed by atoms with Crippen molar-refractivity contribution in [1.82, 2.24) is 0 Å². The predicted octanol–water partition coefficient (Wildman–Crippen LogP) is 4.52. The van der Waals surface area contributed by atoms with Crippen molar-refractivity contribution >= 4 is 15.9 Å². The highest BCUT2D eigenvalue weighted by Crippen LogP contribution is 2.66. The zero-order valence-electron chi connectivity index (χ0n) is 9.03. The van der Waals surface area contributed by atoms with Gasteiger partial charge < -0.3 is 0 Å². The van der Waals surface area contributed by atoms with Crippen LogP contribution in [0.4, 0.5) is 0 Å². The molecule has 0 aromatic heterocycles. The summed E-state index contributed by atoms with van der Waals surface area (Å²) in [6.07, 6.45) is 13.9. The van der Waals surface area contributed by atoms with E-state index in [1.807, 2.05) is 0 Å². The summed E-state index contributed by atoms with van der Waals surface area (Å²) in [6.45, 7) is 0. The van der Waals surface area contributed by atoms with Crippen LogP contribution in [0.3, 0.4) is 0 Å². The van der Waals surface area contributed by atoms with Crippen LogP contribution < -0.4 is 0 Å². The van der Waals surface area contributed by atoms with Gasteiger partial charge in [0.05, 0.1) is 0 Å². The SMILES string of the molecule is BrCC1CC12CCC1(CCCC1)CC2. The Kier molecular flexibility index (Phi) is 2.24. The Bertz CT molecular complexity index is 217. The van der Waals surface area contributed by atoms with Gasteiger partial charge in [-0.2, -0.15) is 0 Å². The minimum Gasteiger partial charge on any atom is -0.0925 e. The van der Waals surface area contributed by atoms with Crippen molar-refractivity contribution < 1.29 is 0 Å². The van der Waals surface area contributed by atoms with Gasteiger partial charge in [0, 0.05) is 5.33 Å². The van der Waals surface area contributed by atoms with Gasteiger partial charge in [0.25, 0.3) is 0 Å². The lowest BCUT2D eigenvalue weighted by molar-refractivity contribution is 0.137. The van der Waals surface area contributed by atoms with Crippen molar-refractivity contribution in [2.45, 2.75) is 57.8 Å². The Morgan fingerprint density at radius 3 is 2.07 bits per heavy atom. The first-order valence-corrected chi connectivity index (χ1v) is 7.47. The fourth-order valence-corrected chi connectivity index (χ4v) is 5.08. The fraction of sp³-hybridized carbons (Fsp3) is 1.00. The van der Waals surface area contributed by atoms with Gasteiger partial charge in [-0.1, -0.05) is 28.8 Å². The number of halogens is 1. The van der Waals surface area contributed by atoms with E-state index in [0.29, 0.717) is 0 Å². The van der Waals surface area contributed by atoms with Gasteiger partial charge in [-0.3, -0.25) is 0 Å². The summed E-state index contributed by atoms with van der Waals surface area (Å²) in [5.74, 6) is 1.04. The minimum absolute atomic E-state index is 0.831. The molecular weight excluding hydrogens is 236 g/mol. The van der Waals surface area contributed by atoms with Crippen molar-refractivity contribution in [2.75, 3.05) is 5.33 Å². The molecular formula is C13H21Br. The summed E-state index contributed by atoms with van der Waals surface area (Å²) in [6, 6.07) is 0. The lowest BCUT2D eigenvalue weighted by Gasteiger charge is -2.38. The molecule has 0 aliphatic heterocycles. The van der Waals surface area contributed by atoms with Crippen LogP contribution in [0, 0.1) is 16.7 Å². The first-order valence-electron chi connectivity index (χ1n) is 6.35. The molecule has 3 fully saturated rings. The Balaban J connectivity index is 1.63. The second kappa shape index (κ2) is 3.23. The first kappa shape index (κ1) is 9.69. The summed E-state index contributed by atoms with van der Waals surface area (Å²) in [5, 5.41) is 1.26. The summed E-state index contributed by atoms with van der Waals surface area (Å²) >= 11 is 3.66. The average molecular weight is 257 g/mol. The van der Waals surface area contributed by atoms with E-state index in [4.69, 9.17) is 0 Å². The Hall–Kier alpha value is 0.480. The molecule has 3 rings (SSSR count). The molecule has 0 saturated heterocycles. The smallest absolute Gasteiger partial charge is 0.00651 e. The molecule has 3 aliphatic rings. The van der Waals surface area contributed by atoms with Crippen LogP contribution >= 0.6 is 15.9 Å². The lowest BCUT2D eigenvalue weighted by atomic mass is 9.67. The third-order valence-corrected chi connectivity index (χ3v) is 6.30. The van der Waals surface area contributed by atoms with Crippen molar-refractivity contribution in [1.29, 1.82) is 0 Å². The molecule has 3 aliphatic carbocycles. The van der Waals surface area contributed by atoms with Gasteiger partial charge in [-0.15, -0.1) is 0 Å². The number of alkyl halides is 1. The number of rotatable bonds is 1. The number of hydrogen-bond donors (Lipinski definition) is 0.